The first-order chi connectivity index (χ1) is 12.4. The van der Waals surface area contributed by atoms with Crippen LogP contribution in [0.4, 0.5) is 0 Å². The van der Waals surface area contributed by atoms with Crippen molar-refractivity contribution in [2.24, 2.45) is 5.92 Å². The molecule has 2 N–H and O–H groups in total. The Morgan fingerprint density at radius 2 is 1.58 bits per heavy atom. The summed E-state index contributed by atoms with van der Waals surface area (Å²) in [4.78, 5) is 36.0. The molecule has 1 aromatic rings. The van der Waals surface area contributed by atoms with Crippen LogP contribution in [0, 0.1) is 5.92 Å². The summed E-state index contributed by atoms with van der Waals surface area (Å²) in [6.45, 7) is 6.26. The van der Waals surface area contributed by atoms with Crippen molar-refractivity contribution in [2.75, 3.05) is 26.2 Å². The lowest BCUT2D eigenvalue weighted by Gasteiger charge is -2.41. The maximum Gasteiger partial charge on any atom is 0.414 e. The lowest BCUT2D eigenvalue weighted by Crippen LogP contribution is -2.52. The lowest BCUT2D eigenvalue weighted by molar-refractivity contribution is -0.159. The third kappa shape index (κ3) is 5.81. The molecule has 1 saturated heterocycles. The van der Waals surface area contributed by atoms with E-state index in [-0.39, 0.29) is 5.91 Å². The summed E-state index contributed by atoms with van der Waals surface area (Å²) in [5.74, 6) is -2.52. The average Bonchev–Trinajstić information content (AvgIpc) is 3.17. The predicted octanol–water partition coefficient (Wildman–Crippen LogP) is 2.24. The summed E-state index contributed by atoms with van der Waals surface area (Å²) in [6, 6.07) is 4.66. The van der Waals surface area contributed by atoms with Crippen LogP contribution in [0.15, 0.2) is 17.5 Å². The summed E-state index contributed by atoms with van der Waals surface area (Å²) < 4.78 is 0. The highest BCUT2D eigenvalue weighted by atomic mass is 32.1. The van der Waals surface area contributed by atoms with Crippen molar-refractivity contribution in [1.82, 2.24) is 9.80 Å². The Hall–Kier alpha value is -1.93. The Morgan fingerprint density at radius 3 is 2.04 bits per heavy atom. The van der Waals surface area contributed by atoms with E-state index in [0.717, 1.165) is 43.0 Å². The number of piperazine rings is 1. The van der Waals surface area contributed by atoms with Gasteiger partial charge in [-0.15, -0.1) is 11.3 Å². The standard InChI is InChI=1S/C16H24N2OS.C2H2O4/c1-13-4-6-14(7-5-13)17-8-10-18(11-9-17)16(19)15-3-2-12-20-15;3-1(4)2(5)6/h2-3,12-14H,4-11H2,1H3;(H,3,4)(H,5,6). The van der Waals surface area contributed by atoms with Gasteiger partial charge in [-0.05, 0) is 43.0 Å². The van der Waals surface area contributed by atoms with Crippen LogP contribution in [0.3, 0.4) is 0 Å². The van der Waals surface area contributed by atoms with Crippen LogP contribution in [0.1, 0.15) is 42.3 Å². The van der Waals surface area contributed by atoms with E-state index >= 15 is 0 Å². The van der Waals surface area contributed by atoms with E-state index in [0.29, 0.717) is 0 Å². The molecule has 1 aromatic heterocycles. The van der Waals surface area contributed by atoms with Crippen LogP contribution in [0.2, 0.25) is 0 Å². The number of carboxylic acids is 2. The molecule has 0 radical (unpaired) electrons. The van der Waals surface area contributed by atoms with Crippen molar-refractivity contribution < 1.29 is 24.6 Å². The van der Waals surface area contributed by atoms with Gasteiger partial charge in [-0.2, -0.15) is 0 Å². The Morgan fingerprint density at radius 1 is 1.00 bits per heavy atom. The number of nitrogens with zero attached hydrogens (tertiary/aromatic N) is 2. The molecule has 2 fully saturated rings. The molecule has 26 heavy (non-hydrogen) atoms. The van der Waals surface area contributed by atoms with Crippen molar-refractivity contribution in [2.45, 2.75) is 38.6 Å². The van der Waals surface area contributed by atoms with Crippen molar-refractivity contribution in [3.05, 3.63) is 22.4 Å². The molecule has 7 nitrogen and oxygen atoms in total. The van der Waals surface area contributed by atoms with Crippen LogP contribution in [-0.4, -0.2) is 70.1 Å². The summed E-state index contributed by atoms with van der Waals surface area (Å²) >= 11 is 1.55. The highest BCUT2D eigenvalue weighted by Crippen LogP contribution is 2.27. The Bertz CT molecular complexity index is 591. The summed E-state index contributed by atoms with van der Waals surface area (Å²) in [7, 11) is 0. The summed E-state index contributed by atoms with van der Waals surface area (Å²) in [5, 5.41) is 16.8. The molecule has 8 heteroatoms. The maximum absolute atomic E-state index is 12.3. The van der Waals surface area contributed by atoms with Gasteiger partial charge < -0.3 is 15.1 Å². The third-order valence-corrected chi connectivity index (χ3v) is 5.88. The Labute approximate surface area is 157 Å². The van der Waals surface area contributed by atoms with Crippen LogP contribution >= 0.6 is 11.3 Å². The maximum atomic E-state index is 12.3. The fourth-order valence-electron chi connectivity index (χ4n) is 3.45. The summed E-state index contributed by atoms with van der Waals surface area (Å²) in [6.07, 6.45) is 5.44. The van der Waals surface area contributed by atoms with E-state index in [2.05, 4.69) is 11.8 Å². The number of carbonyl (C=O) groups is 3. The number of hydrogen-bond acceptors (Lipinski definition) is 5. The zero-order valence-corrected chi connectivity index (χ0v) is 15.8. The molecule has 1 aliphatic heterocycles. The van der Waals surface area contributed by atoms with Crippen LogP contribution < -0.4 is 0 Å². The Balaban J connectivity index is 0.000000352. The SMILES string of the molecule is CC1CCC(N2CCN(C(=O)c3cccs3)CC2)CC1.O=C(O)C(=O)O. The normalized spacial score (nSPS) is 23.7. The van der Waals surface area contributed by atoms with Gasteiger partial charge in [-0.25, -0.2) is 9.59 Å². The summed E-state index contributed by atoms with van der Waals surface area (Å²) in [5.41, 5.74) is 0. The first-order valence-electron chi connectivity index (χ1n) is 8.91. The van der Waals surface area contributed by atoms with E-state index < -0.39 is 11.9 Å². The highest BCUT2D eigenvalue weighted by molar-refractivity contribution is 7.12. The minimum Gasteiger partial charge on any atom is -0.473 e. The molecular weight excluding hydrogens is 356 g/mol. The zero-order chi connectivity index (χ0) is 19.1. The Kier molecular flexibility index (Phi) is 7.59. The largest absolute Gasteiger partial charge is 0.473 e. The first kappa shape index (κ1) is 20.4. The van der Waals surface area contributed by atoms with Crippen LogP contribution in [0.5, 0.6) is 0 Å². The number of aliphatic carboxylic acids is 2. The lowest BCUT2D eigenvalue weighted by atomic mass is 9.86. The number of carboxylic acid groups (broad SMARTS) is 2. The van der Waals surface area contributed by atoms with Crippen LogP contribution in [-0.2, 0) is 9.59 Å². The van der Waals surface area contributed by atoms with E-state index in [1.54, 1.807) is 11.3 Å². The molecular formula is C18H26N2O5S. The van der Waals surface area contributed by atoms with Gasteiger partial charge in [-0.1, -0.05) is 13.0 Å². The molecule has 1 amide bonds. The number of carbonyl (C=O) groups excluding carboxylic acids is 1. The van der Waals surface area contributed by atoms with Crippen molar-refractivity contribution >= 4 is 29.2 Å². The second-order valence-corrected chi connectivity index (χ2v) is 7.78. The second-order valence-electron chi connectivity index (χ2n) is 6.83. The molecule has 2 heterocycles. The average molecular weight is 382 g/mol. The molecule has 0 unspecified atom stereocenters. The minimum absolute atomic E-state index is 0.219. The van der Waals surface area contributed by atoms with Gasteiger partial charge >= 0.3 is 11.9 Å². The minimum atomic E-state index is -1.82. The number of rotatable bonds is 2. The number of amides is 1. The van der Waals surface area contributed by atoms with Gasteiger partial charge in [0.15, 0.2) is 0 Å². The highest BCUT2D eigenvalue weighted by Gasteiger charge is 2.28. The number of hydrogen-bond donors (Lipinski definition) is 2. The smallest absolute Gasteiger partial charge is 0.414 e. The first-order valence-corrected chi connectivity index (χ1v) is 9.79. The van der Waals surface area contributed by atoms with E-state index in [1.165, 1.54) is 25.7 Å². The van der Waals surface area contributed by atoms with Gasteiger partial charge in [0.05, 0.1) is 4.88 Å². The van der Waals surface area contributed by atoms with Crippen molar-refractivity contribution in [1.29, 1.82) is 0 Å². The van der Waals surface area contributed by atoms with Gasteiger partial charge in [-0.3, -0.25) is 9.69 Å². The molecule has 1 aliphatic carbocycles. The molecule has 0 aromatic carbocycles. The van der Waals surface area contributed by atoms with Gasteiger partial charge in [0.1, 0.15) is 0 Å². The monoisotopic (exact) mass is 382 g/mol. The van der Waals surface area contributed by atoms with E-state index in [9.17, 15) is 4.79 Å². The van der Waals surface area contributed by atoms with Crippen molar-refractivity contribution in [3.8, 4) is 0 Å². The van der Waals surface area contributed by atoms with Gasteiger partial charge in [0, 0.05) is 32.2 Å². The van der Waals surface area contributed by atoms with Crippen molar-refractivity contribution in [3.63, 3.8) is 0 Å². The fraction of sp³-hybridized carbons (Fsp3) is 0.611. The second kappa shape index (κ2) is 9.68. The molecule has 1 saturated carbocycles. The fourth-order valence-corrected chi connectivity index (χ4v) is 4.14. The topological polar surface area (TPSA) is 98.2 Å². The van der Waals surface area contributed by atoms with E-state index in [1.807, 2.05) is 22.4 Å². The molecule has 0 bridgehead atoms. The van der Waals surface area contributed by atoms with E-state index in [4.69, 9.17) is 19.8 Å². The van der Waals surface area contributed by atoms with Gasteiger partial charge in [0.2, 0.25) is 0 Å². The van der Waals surface area contributed by atoms with Gasteiger partial charge in [0.25, 0.3) is 5.91 Å². The molecule has 0 spiro atoms. The molecule has 2 aliphatic rings. The zero-order valence-electron chi connectivity index (χ0n) is 15.0. The number of thiophene rings is 1. The molecule has 0 atom stereocenters. The van der Waals surface area contributed by atoms with Crippen LogP contribution in [0.25, 0.3) is 0 Å². The quantitative estimate of drug-likeness (QED) is 0.761. The predicted molar refractivity (Wildman–Crippen MR) is 98.5 cm³/mol. The third-order valence-electron chi connectivity index (χ3n) is 5.02. The molecule has 3 rings (SSSR count). The molecule has 144 valence electrons.